The topological polar surface area (TPSA) is 61.3 Å². The van der Waals surface area contributed by atoms with Gasteiger partial charge in [-0.1, -0.05) is 13.3 Å². The number of unbranched alkanes of at least 4 members (excludes halogenated alkanes) is 1. The van der Waals surface area contributed by atoms with E-state index in [-0.39, 0.29) is 17.0 Å². The summed E-state index contributed by atoms with van der Waals surface area (Å²) in [7, 11) is 0. The van der Waals surface area contributed by atoms with Crippen LogP contribution in [0.5, 0.6) is 0 Å². The molecule has 20 heavy (non-hydrogen) atoms. The summed E-state index contributed by atoms with van der Waals surface area (Å²) in [4.78, 5) is 19.7. The van der Waals surface area contributed by atoms with Crippen LogP contribution in [0.2, 0.25) is 5.28 Å². The van der Waals surface area contributed by atoms with E-state index in [0.29, 0.717) is 12.3 Å². The van der Waals surface area contributed by atoms with Gasteiger partial charge in [-0.3, -0.25) is 0 Å². The summed E-state index contributed by atoms with van der Waals surface area (Å²) in [5.74, 6) is -0.482. The van der Waals surface area contributed by atoms with Crippen molar-refractivity contribution in [2.75, 3.05) is 6.61 Å². The lowest BCUT2D eigenvalue weighted by molar-refractivity contribution is 0.0376. The number of carbonyl (C=O) groups excluding carboxylic acids is 1. The molecule has 0 spiro atoms. The van der Waals surface area contributed by atoms with Gasteiger partial charge in [0.1, 0.15) is 5.56 Å². The maximum atomic E-state index is 11.9. The van der Waals surface area contributed by atoms with E-state index in [1.165, 1.54) is 12.5 Å². The predicted octanol–water partition coefficient (Wildman–Crippen LogP) is 3.48. The van der Waals surface area contributed by atoms with Gasteiger partial charge in [0, 0.05) is 6.20 Å². The van der Waals surface area contributed by atoms with Crippen LogP contribution in [0.3, 0.4) is 0 Å². The first-order chi connectivity index (χ1) is 9.54. The van der Waals surface area contributed by atoms with Gasteiger partial charge in [-0.05, 0) is 37.9 Å². The van der Waals surface area contributed by atoms with Crippen molar-refractivity contribution in [1.82, 2.24) is 9.97 Å². The number of hydrogen-bond acceptors (Lipinski definition) is 5. The van der Waals surface area contributed by atoms with Gasteiger partial charge in [-0.2, -0.15) is 0 Å². The second kappa shape index (κ2) is 8.53. The second-order valence-electron chi connectivity index (χ2n) is 4.42. The Hall–Kier alpha value is -1.62. The van der Waals surface area contributed by atoms with E-state index in [4.69, 9.17) is 21.1 Å². The number of rotatable bonds is 7. The van der Waals surface area contributed by atoms with Crippen molar-refractivity contribution >= 4 is 23.6 Å². The Morgan fingerprint density at radius 1 is 1.50 bits per heavy atom. The molecule has 110 valence electrons. The van der Waals surface area contributed by atoms with E-state index in [0.717, 1.165) is 12.8 Å². The molecule has 6 heteroatoms. The molecule has 0 aliphatic carbocycles. The largest absolute Gasteiger partial charge is 0.501 e. The number of hydrogen-bond donors (Lipinski definition) is 0. The van der Waals surface area contributed by atoms with Crippen molar-refractivity contribution in [1.29, 1.82) is 0 Å². The molecule has 0 saturated heterocycles. The molecule has 1 heterocycles. The van der Waals surface area contributed by atoms with Crippen LogP contribution in [0.25, 0.3) is 6.08 Å². The molecule has 0 saturated carbocycles. The molecule has 0 fully saturated rings. The minimum absolute atomic E-state index is 0.0688. The van der Waals surface area contributed by atoms with Crippen LogP contribution in [0.15, 0.2) is 12.5 Å². The predicted molar refractivity (Wildman–Crippen MR) is 77.5 cm³/mol. The smallest absolute Gasteiger partial charge is 0.342 e. The molecule has 1 aromatic rings. The zero-order chi connectivity index (χ0) is 15.0. The molecule has 1 rings (SSSR count). The lowest BCUT2D eigenvalue weighted by Crippen LogP contribution is -2.14. The van der Waals surface area contributed by atoms with Crippen molar-refractivity contribution in [2.24, 2.45) is 0 Å². The van der Waals surface area contributed by atoms with Crippen LogP contribution in [-0.4, -0.2) is 28.6 Å². The van der Waals surface area contributed by atoms with Gasteiger partial charge in [-0.15, -0.1) is 0 Å². The van der Waals surface area contributed by atoms with Gasteiger partial charge in [0.25, 0.3) is 0 Å². The number of halogens is 1. The molecule has 1 aromatic heterocycles. The van der Waals surface area contributed by atoms with Crippen molar-refractivity contribution in [3.8, 4) is 0 Å². The minimum Gasteiger partial charge on any atom is -0.501 e. The first-order valence-electron chi connectivity index (χ1n) is 6.56. The quantitative estimate of drug-likeness (QED) is 0.334. The first-order valence-corrected chi connectivity index (χ1v) is 6.94. The molecule has 0 aliphatic rings. The summed E-state index contributed by atoms with van der Waals surface area (Å²) in [5, 5.41) is 0.0688. The molecular weight excluding hydrogens is 280 g/mol. The number of ether oxygens (including phenoxy) is 2. The fraction of sp³-hybridized carbons (Fsp3) is 0.500. The molecular formula is C14H19ClN2O3. The maximum absolute atomic E-state index is 11.9. The van der Waals surface area contributed by atoms with E-state index in [2.05, 4.69) is 16.9 Å². The highest BCUT2D eigenvalue weighted by Crippen LogP contribution is 2.13. The summed E-state index contributed by atoms with van der Waals surface area (Å²) in [6.07, 6.45) is 6.25. The van der Waals surface area contributed by atoms with Crippen LogP contribution in [0.4, 0.5) is 0 Å². The third-order valence-electron chi connectivity index (χ3n) is 2.29. The van der Waals surface area contributed by atoms with Gasteiger partial charge in [0.15, 0.2) is 0 Å². The SMILES string of the molecule is CCCCOC=Cc1nc(Cl)ncc1C(=O)OC(C)C. The third-order valence-corrected chi connectivity index (χ3v) is 2.47. The van der Waals surface area contributed by atoms with Crippen LogP contribution < -0.4 is 0 Å². The van der Waals surface area contributed by atoms with Gasteiger partial charge < -0.3 is 9.47 Å². The van der Waals surface area contributed by atoms with E-state index in [1.807, 2.05) is 0 Å². The fourth-order valence-electron chi connectivity index (χ4n) is 1.34. The molecule has 0 bridgehead atoms. The standard InChI is InChI=1S/C14H19ClN2O3/c1-4-5-7-19-8-6-12-11(9-16-14(15)17-12)13(18)20-10(2)3/h6,8-10H,4-5,7H2,1-3H3. The van der Waals surface area contributed by atoms with Crippen LogP contribution in [0.1, 0.15) is 49.7 Å². The minimum atomic E-state index is -0.482. The molecule has 0 atom stereocenters. The van der Waals surface area contributed by atoms with E-state index in [9.17, 15) is 4.79 Å². The summed E-state index contributed by atoms with van der Waals surface area (Å²) in [6.45, 7) is 6.25. The lowest BCUT2D eigenvalue weighted by Gasteiger charge is -2.09. The number of aromatic nitrogens is 2. The van der Waals surface area contributed by atoms with Gasteiger partial charge in [0.05, 0.1) is 24.7 Å². The first kappa shape index (κ1) is 16.4. The zero-order valence-corrected chi connectivity index (χ0v) is 12.7. The monoisotopic (exact) mass is 298 g/mol. The third kappa shape index (κ3) is 5.57. The summed E-state index contributed by atoms with van der Waals surface area (Å²) in [6, 6.07) is 0. The summed E-state index contributed by atoms with van der Waals surface area (Å²) < 4.78 is 10.4. The highest BCUT2D eigenvalue weighted by atomic mass is 35.5. The molecule has 0 N–H and O–H groups in total. The average molecular weight is 299 g/mol. The number of carbonyl (C=O) groups is 1. The molecule has 5 nitrogen and oxygen atoms in total. The van der Waals surface area contributed by atoms with Crippen LogP contribution in [0, 0.1) is 0 Å². The normalized spacial score (nSPS) is 11.1. The van der Waals surface area contributed by atoms with Gasteiger partial charge in [0.2, 0.25) is 5.28 Å². The Morgan fingerprint density at radius 3 is 2.90 bits per heavy atom. The lowest BCUT2D eigenvalue weighted by atomic mass is 10.2. The van der Waals surface area contributed by atoms with Crippen LogP contribution >= 0.6 is 11.6 Å². The van der Waals surface area contributed by atoms with Crippen LogP contribution in [-0.2, 0) is 9.47 Å². The molecule has 0 aromatic carbocycles. The molecule has 0 unspecified atom stereocenters. The summed E-state index contributed by atoms with van der Waals surface area (Å²) in [5.41, 5.74) is 0.644. The van der Waals surface area contributed by atoms with Gasteiger partial charge in [-0.25, -0.2) is 14.8 Å². The van der Waals surface area contributed by atoms with Crippen molar-refractivity contribution in [3.63, 3.8) is 0 Å². The highest BCUT2D eigenvalue weighted by Gasteiger charge is 2.15. The Kier molecular flexibility index (Phi) is 7.01. The number of nitrogens with zero attached hydrogens (tertiary/aromatic N) is 2. The molecule has 0 radical (unpaired) electrons. The maximum Gasteiger partial charge on any atom is 0.342 e. The van der Waals surface area contributed by atoms with E-state index >= 15 is 0 Å². The average Bonchev–Trinajstić information content (AvgIpc) is 2.37. The van der Waals surface area contributed by atoms with E-state index in [1.54, 1.807) is 19.9 Å². The van der Waals surface area contributed by atoms with Crippen molar-refractivity contribution < 1.29 is 14.3 Å². The summed E-state index contributed by atoms with van der Waals surface area (Å²) >= 11 is 5.74. The second-order valence-corrected chi connectivity index (χ2v) is 4.76. The Morgan fingerprint density at radius 2 is 2.25 bits per heavy atom. The zero-order valence-electron chi connectivity index (χ0n) is 11.9. The molecule has 0 amide bonds. The molecule has 0 aliphatic heterocycles. The highest BCUT2D eigenvalue weighted by molar-refractivity contribution is 6.28. The Bertz CT molecular complexity index is 475. The van der Waals surface area contributed by atoms with E-state index < -0.39 is 5.97 Å². The fourth-order valence-corrected chi connectivity index (χ4v) is 1.48. The van der Waals surface area contributed by atoms with Gasteiger partial charge >= 0.3 is 5.97 Å². The van der Waals surface area contributed by atoms with Crippen molar-refractivity contribution in [2.45, 2.75) is 39.7 Å². The Balaban J connectivity index is 2.82. The van der Waals surface area contributed by atoms with Crippen molar-refractivity contribution in [3.05, 3.63) is 29.0 Å². The number of esters is 1. The Labute approximate surface area is 124 Å².